The molecular formula is C11H14N2O4S. The molecule has 0 spiro atoms. The molecule has 0 saturated carbocycles. The summed E-state index contributed by atoms with van der Waals surface area (Å²) in [4.78, 5) is 29.2. The van der Waals surface area contributed by atoms with Crippen molar-refractivity contribution in [3.63, 3.8) is 0 Å². The third kappa shape index (κ3) is 2.37. The predicted octanol–water partition coefficient (Wildman–Crippen LogP) is 0.200. The molecule has 1 N–H and O–H groups in total. The number of carbonyl (C=O) groups is 2. The molecule has 1 aliphatic rings. The number of thiazole rings is 1. The van der Waals surface area contributed by atoms with Crippen LogP contribution in [0.4, 0.5) is 0 Å². The number of β-amino-alcohol motifs (C(OH)–C–C–N with tert-alkyl or cyclic N) is 1. The first-order valence-electron chi connectivity index (χ1n) is 5.52. The smallest absolute Gasteiger partial charge is 0.328 e. The summed E-state index contributed by atoms with van der Waals surface area (Å²) in [5.41, 5.74) is 0.306. The van der Waals surface area contributed by atoms with Gasteiger partial charge in [0.25, 0.3) is 5.91 Å². The molecule has 1 amide bonds. The maximum Gasteiger partial charge on any atom is 0.328 e. The molecule has 98 valence electrons. The first-order valence-corrected chi connectivity index (χ1v) is 6.40. The van der Waals surface area contributed by atoms with Crippen LogP contribution in [-0.4, -0.2) is 52.7 Å². The summed E-state index contributed by atoms with van der Waals surface area (Å²) < 4.78 is 4.64. The molecule has 1 fully saturated rings. The largest absolute Gasteiger partial charge is 0.467 e. The lowest BCUT2D eigenvalue weighted by Gasteiger charge is -2.21. The summed E-state index contributed by atoms with van der Waals surface area (Å²) in [6.07, 6.45) is -0.487. The van der Waals surface area contributed by atoms with E-state index in [4.69, 9.17) is 0 Å². The molecule has 2 unspecified atom stereocenters. The first-order chi connectivity index (χ1) is 8.52. The summed E-state index contributed by atoms with van der Waals surface area (Å²) in [5.74, 6) is -0.849. The van der Waals surface area contributed by atoms with Crippen molar-refractivity contribution in [1.29, 1.82) is 0 Å². The van der Waals surface area contributed by atoms with Gasteiger partial charge in [-0.2, -0.15) is 0 Å². The van der Waals surface area contributed by atoms with Crippen LogP contribution in [0.25, 0.3) is 0 Å². The minimum atomic E-state index is -0.723. The molecule has 1 saturated heterocycles. The van der Waals surface area contributed by atoms with Crippen molar-refractivity contribution in [3.8, 4) is 0 Å². The summed E-state index contributed by atoms with van der Waals surface area (Å²) in [6.45, 7) is 1.94. The second-order valence-electron chi connectivity index (χ2n) is 4.14. The fraction of sp³-hybridized carbons (Fsp3) is 0.545. The standard InChI is InChI=1S/C11H14N2O4S/c1-6-12-8(5-18-6)10(15)13-4-7(14)3-9(13)11(16)17-2/h5,7,9,14H,3-4H2,1-2H3. The molecule has 0 aromatic carbocycles. The molecule has 7 heteroatoms. The van der Waals surface area contributed by atoms with Gasteiger partial charge in [0.1, 0.15) is 11.7 Å². The van der Waals surface area contributed by atoms with E-state index in [0.717, 1.165) is 5.01 Å². The third-order valence-corrected chi connectivity index (χ3v) is 3.62. The number of carbonyl (C=O) groups excluding carboxylic acids is 2. The minimum Gasteiger partial charge on any atom is -0.467 e. The number of ether oxygens (including phenoxy) is 1. The summed E-state index contributed by atoms with van der Waals surface area (Å²) in [5, 5.41) is 12.0. The number of amides is 1. The molecule has 0 bridgehead atoms. The number of hydrogen-bond donors (Lipinski definition) is 1. The van der Waals surface area contributed by atoms with E-state index in [1.165, 1.54) is 23.3 Å². The highest BCUT2D eigenvalue weighted by atomic mass is 32.1. The Morgan fingerprint density at radius 3 is 2.89 bits per heavy atom. The van der Waals surface area contributed by atoms with Crippen LogP contribution in [0, 0.1) is 6.92 Å². The first kappa shape index (κ1) is 13.0. The van der Waals surface area contributed by atoms with Gasteiger partial charge in [0, 0.05) is 18.3 Å². The quantitative estimate of drug-likeness (QED) is 0.777. The van der Waals surface area contributed by atoms with Gasteiger partial charge in [0.05, 0.1) is 18.2 Å². The van der Waals surface area contributed by atoms with Gasteiger partial charge in [0.15, 0.2) is 0 Å². The lowest BCUT2D eigenvalue weighted by molar-refractivity contribution is -0.145. The zero-order chi connectivity index (χ0) is 13.3. The highest BCUT2D eigenvalue weighted by molar-refractivity contribution is 7.09. The van der Waals surface area contributed by atoms with Crippen molar-refractivity contribution in [1.82, 2.24) is 9.88 Å². The van der Waals surface area contributed by atoms with E-state index in [0.29, 0.717) is 5.69 Å². The Hall–Kier alpha value is -1.47. The van der Waals surface area contributed by atoms with Crippen LogP contribution in [0.1, 0.15) is 21.9 Å². The van der Waals surface area contributed by atoms with E-state index in [1.54, 1.807) is 12.3 Å². The molecule has 6 nitrogen and oxygen atoms in total. The average molecular weight is 270 g/mol. The zero-order valence-electron chi connectivity index (χ0n) is 10.1. The second-order valence-corrected chi connectivity index (χ2v) is 5.20. The Kier molecular flexibility index (Phi) is 3.63. The lowest BCUT2D eigenvalue weighted by Crippen LogP contribution is -2.41. The van der Waals surface area contributed by atoms with E-state index >= 15 is 0 Å². The van der Waals surface area contributed by atoms with Crippen LogP contribution in [0.2, 0.25) is 0 Å². The lowest BCUT2D eigenvalue weighted by atomic mass is 10.2. The number of aliphatic hydroxyl groups is 1. The molecule has 1 aliphatic heterocycles. The van der Waals surface area contributed by atoms with Crippen molar-refractivity contribution in [2.24, 2.45) is 0 Å². The van der Waals surface area contributed by atoms with E-state index in [9.17, 15) is 14.7 Å². The van der Waals surface area contributed by atoms with Crippen LogP contribution in [0.15, 0.2) is 5.38 Å². The topological polar surface area (TPSA) is 79.7 Å². The Labute approximate surface area is 108 Å². The molecule has 0 aliphatic carbocycles. The number of methoxy groups -OCH3 is 1. The van der Waals surface area contributed by atoms with Crippen molar-refractivity contribution in [3.05, 3.63) is 16.1 Å². The van der Waals surface area contributed by atoms with Crippen LogP contribution in [0.3, 0.4) is 0 Å². The van der Waals surface area contributed by atoms with Crippen molar-refractivity contribution in [2.75, 3.05) is 13.7 Å². The van der Waals surface area contributed by atoms with E-state index in [2.05, 4.69) is 9.72 Å². The van der Waals surface area contributed by atoms with Crippen LogP contribution < -0.4 is 0 Å². The maximum atomic E-state index is 12.2. The van der Waals surface area contributed by atoms with Crippen molar-refractivity contribution < 1.29 is 19.4 Å². The number of rotatable bonds is 2. The summed E-state index contributed by atoms with van der Waals surface area (Å²) in [6, 6.07) is -0.723. The fourth-order valence-electron chi connectivity index (χ4n) is 2.01. The maximum absolute atomic E-state index is 12.2. The van der Waals surface area contributed by atoms with Gasteiger partial charge >= 0.3 is 5.97 Å². The van der Waals surface area contributed by atoms with E-state index in [-0.39, 0.29) is 18.9 Å². The van der Waals surface area contributed by atoms with E-state index in [1.807, 2.05) is 0 Å². The number of esters is 1. The van der Waals surface area contributed by atoms with Gasteiger partial charge in [-0.25, -0.2) is 9.78 Å². The zero-order valence-corrected chi connectivity index (χ0v) is 10.9. The Morgan fingerprint density at radius 1 is 1.61 bits per heavy atom. The SMILES string of the molecule is COC(=O)C1CC(O)CN1C(=O)c1csc(C)n1. The summed E-state index contributed by atoms with van der Waals surface area (Å²) in [7, 11) is 1.27. The molecule has 2 atom stereocenters. The molecule has 1 aromatic heterocycles. The van der Waals surface area contributed by atoms with E-state index < -0.39 is 18.1 Å². The van der Waals surface area contributed by atoms with Crippen molar-refractivity contribution >= 4 is 23.2 Å². The molecule has 0 radical (unpaired) electrons. The molecular weight excluding hydrogens is 256 g/mol. The predicted molar refractivity (Wildman–Crippen MR) is 64.3 cm³/mol. The molecule has 1 aromatic rings. The normalized spacial score (nSPS) is 23.2. The van der Waals surface area contributed by atoms with Gasteiger partial charge in [0.2, 0.25) is 0 Å². The highest BCUT2D eigenvalue weighted by Gasteiger charge is 2.40. The number of nitrogens with zero attached hydrogens (tertiary/aromatic N) is 2. The fourth-order valence-corrected chi connectivity index (χ4v) is 2.59. The Bertz CT molecular complexity index is 473. The molecule has 2 heterocycles. The van der Waals surface area contributed by atoms with Crippen LogP contribution >= 0.6 is 11.3 Å². The highest BCUT2D eigenvalue weighted by Crippen LogP contribution is 2.22. The Balaban J connectivity index is 2.20. The summed E-state index contributed by atoms with van der Waals surface area (Å²) >= 11 is 1.37. The molecule has 18 heavy (non-hydrogen) atoms. The number of aryl methyl sites for hydroxylation is 1. The van der Waals surface area contributed by atoms with Gasteiger partial charge < -0.3 is 14.7 Å². The number of hydrogen-bond acceptors (Lipinski definition) is 6. The van der Waals surface area contributed by atoms with Crippen LogP contribution in [0.5, 0.6) is 0 Å². The van der Waals surface area contributed by atoms with Gasteiger partial charge in [-0.3, -0.25) is 4.79 Å². The van der Waals surface area contributed by atoms with Crippen LogP contribution in [-0.2, 0) is 9.53 Å². The number of likely N-dealkylation sites (tertiary alicyclic amines) is 1. The third-order valence-electron chi connectivity index (χ3n) is 2.85. The second kappa shape index (κ2) is 5.03. The minimum absolute atomic E-state index is 0.134. The van der Waals surface area contributed by atoms with Gasteiger partial charge in [-0.15, -0.1) is 11.3 Å². The Morgan fingerprint density at radius 2 is 2.33 bits per heavy atom. The monoisotopic (exact) mass is 270 g/mol. The average Bonchev–Trinajstić information content (AvgIpc) is 2.93. The van der Waals surface area contributed by atoms with Crippen molar-refractivity contribution in [2.45, 2.75) is 25.5 Å². The van der Waals surface area contributed by atoms with Gasteiger partial charge in [-0.05, 0) is 6.92 Å². The number of aliphatic hydroxyl groups excluding tert-OH is 1. The van der Waals surface area contributed by atoms with Gasteiger partial charge in [-0.1, -0.05) is 0 Å². The number of aromatic nitrogens is 1. The molecule has 2 rings (SSSR count).